The summed E-state index contributed by atoms with van der Waals surface area (Å²) in [5.74, 6) is -0.211. The lowest BCUT2D eigenvalue weighted by molar-refractivity contribution is -0.384. The number of anilines is 1. The highest BCUT2D eigenvalue weighted by Gasteiger charge is 2.13. The van der Waals surface area contributed by atoms with Gasteiger partial charge in [0.25, 0.3) is 5.69 Å². The number of rotatable bonds is 5. The Kier molecular flexibility index (Phi) is 4.54. The normalized spacial score (nSPS) is 10.2. The zero-order chi connectivity index (χ0) is 15.4. The lowest BCUT2D eigenvalue weighted by Gasteiger charge is -2.08. The van der Waals surface area contributed by atoms with Crippen molar-refractivity contribution in [2.75, 3.05) is 11.9 Å². The van der Waals surface area contributed by atoms with E-state index in [4.69, 9.17) is 16.3 Å². The summed E-state index contributed by atoms with van der Waals surface area (Å²) >= 11 is 5.57. The summed E-state index contributed by atoms with van der Waals surface area (Å²) in [5, 5.41) is 13.7. The lowest BCUT2D eigenvalue weighted by atomic mass is 10.3. The van der Waals surface area contributed by atoms with Crippen molar-refractivity contribution >= 4 is 23.1 Å². The number of halogens is 2. The Hall–Kier alpha value is -2.41. The van der Waals surface area contributed by atoms with Gasteiger partial charge in [0.2, 0.25) is 5.88 Å². The minimum absolute atomic E-state index is 0.0122. The standard InChI is InChI=1S/C13H11ClFN3O3/c1-2-16-12-5-8(18(19)20)6-13(17-12)21-9-3-4-10(14)11(15)7-9/h3-7H,2H2,1H3,(H,16,17). The van der Waals surface area contributed by atoms with Crippen molar-refractivity contribution in [3.05, 3.63) is 51.3 Å². The van der Waals surface area contributed by atoms with E-state index >= 15 is 0 Å². The number of benzene rings is 1. The number of hydrogen-bond donors (Lipinski definition) is 1. The average Bonchev–Trinajstić information content (AvgIpc) is 2.43. The van der Waals surface area contributed by atoms with Crippen molar-refractivity contribution in [2.24, 2.45) is 0 Å². The number of nitrogens with one attached hydrogen (secondary N) is 1. The highest BCUT2D eigenvalue weighted by molar-refractivity contribution is 6.30. The van der Waals surface area contributed by atoms with Crippen molar-refractivity contribution < 1.29 is 14.1 Å². The molecule has 1 aromatic carbocycles. The fourth-order valence-corrected chi connectivity index (χ4v) is 1.70. The summed E-state index contributed by atoms with van der Waals surface area (Å²) in [6.45, 7) is 2.37. The van der Waals surface area contributed by atoms with Gasteiger partial charge in [0.1, 0.15) is 17.4 Å². The number of nitro groups is 1. The molecule has 0 bridgehead atoms. The quantitative estimate of drug-likeness (QED) is 0.667. The van der Waals surface area contributed by atoms with Gasteiger partial charge in [0.15, 0.2) is 0 Å². The van der Waals surface area contributed by atoms with E-state index in [1.54, 1.807) is 0 Å². The third kappa shape index (κ3) is 3.79. The first-order valence-electron chi connectivity index (χ1n) is 6.03. The Labute approximate surface area is 124 Å². The van der Waals surface area contributed by atoms with Gasteiger partial charge in [-0.25, -0.2) is 4.39 Å². The Bertz CT molecular complexity index is 682. The van der Waals surface area contributed by atoms with Crippen molar-refractivity contribution in [3.8, 4) is 11.6 Å². The molecule has 0 fully saturated rings. The molecule has 21 heavy (non-hydrogen) atoms. The molecule has 6 nitrogen and oxygen atoms in total. The van der Waals surface area contributed by atoms with Crippen LogP contribution in [0.2, 0.25) is 5.02 Å². The molecule has 0 amide bonds. The molecule has 0 aliphatic rings. The summed E-state index contributed by atoms with van der Waals surface area (Å²) in [4.78, 5) is 14.4. The maximum atomic E-state index is 13.3. The van der Waals surface area contributed by atoms with Gasteiger partial charge in [0, 0.05) is 12.6 Å². The Morgan fingerprint density at radius 3 is 2.81 bits per heavy atom. The van der Waals surface area contributed by atoms with Gasteiger partial charge in [-0.1, -0.05) is 11.6 Å². The summed E-state index contributed by atoms with van der Waals surface area (Å²) in [6, 6.07) is 6.30. The van der Waals surface area contributed by atoms with Gasteiger partial charge in [0.05, 0.1) is 22.1 Å². The fraction of sp³-hybridized carbons (Fsp3) is 0.154. The molecule has 2 aromatic rings. The SMILES string of the molecule is CCNc1cc([N+](=O)[O-])cc(Oc2ccc(Cl)c(F)c2)n1. The number of hydrogen-bond acceptors (Lipinski definition) is 5. The van der Waals surface area contributed by atoms with E-state index in [1.807, 2.05) is 6.92 Å². The molecule has 110 valence electrons. The second-order valence-corrected chi connectivity index (χ2v) is 4.42. The summed E-state index contributed by atoms with van der Waals surface area (Å²) in [7, 11) is 0. The van der Waals surface area contributed by atoms with E-state index in [0.717, 1.165) is 12.1 Å². The van der Waals surface area contributed by atoms with Crippen LogP contribution in [0.3, 0.4) is 0 Å². The van der Waals surface area contributed by atoms with Gasteiger partial charge < -0.3 is 10.1 Å². The van der Waals surface area contributed by atoms with Crippen molar-refractivity contribution in [1.29, 1.82) is 0 Å². The maximum Gasteiger partial charge on any atom is 0.278 e. The highest BCUT2D eigenvalue weighted by atomic mass is 35.5. The van der Waals surface area contributed by atoms with Crippen LogP contribution < -0.4 is 10.1 Å². The molecule has 0 aliphatic carbocycles. The average molecular weight is 312 g/mol. The first kappa shape index (κ1) is 15.0. The molecule has 0 saturated heterocycles. The van der Waals surface area contributed by atoms with Crippen LogP contribution in [-0.2, 0) is 0 Å². The van der Waals surface area contributed by atoms with Gasteiger partial charge in [-0.3, -0.25) is 10.1 Å². The smallest absolute Gasteiger partial charge is 0.278 e. The summed E-state index contributed by atoms with van der Waals surface area (Å²) < 4.78 is 18.7. The highest BCUT2D eigenvalue weighted by Crippen LogP contribution is 2.28. The van der Waals surface area contributed by atoms with E-state index < -0.39 is 10.7 Å². The van der Waals surface area contributed by atoms with Crippen LogP contribution in [-0.4, -0.2) is 16.5 Å². The van der Waals surface area contributed by atoms with E-state index in [-0.39, 0.29) is 22.3 Å². The zero-order valence-electron chi connectivity index (χ0n) is 11.0. The third-order valence-corrected chi connectivity index (χ3v) is 2.78. The van der Waals surface area contributed by atoms with Crippen LogP contribution in [0.4, 0.5) is 15.9 Å². The molecule has 0 spiro atoms. The number of aromatic nitrogens is 1. The molecule has 1 N–H and O–H groups in total. The van der Waals surface area contributed by atoms with Crippen LogP contribution >= 0.6 is 11.6 Å². The first-order chi connectivity index (χ1) is 9.99. The zero-order valence-corrected chi connectivity index (χ0v) is 11.7. The molecular formula is C13H11ClFN3O3. The fourth-order valence-electron chi connectivity index (χ4n) is 1.58. The second-order valence-electron chi connectivity index (χ2n) is 4.01. The largest absolute Gasteiger partial charge is 0.439 e. The molecule has 0 unspecified atom stereocenters. The van der Waals surface area contributed by atoms with Gasteiger partial charge >= 0.3 is 0 Å². The van der Waals surface area contributed by atoms with Crippen LogP contribution in [0.15, 0.2) is 30.3 Å². The molecule has 1 aromatic heterocycles. The molecule has 0 aliphatic heterocycles. The van der Waals surface area contributed by atoms with Crippen LogP contribution in [0.25, 0.3) is 0 Å². The van der Waals surface area contributed by atoms with E-state index in [0.29, 0.717) is 12.4 Å². The van der Waals surface area contributed by atoms with Crippen LogP contribution in [0.5, 0.6) is 11.6 Å². The van der Waals surface area contributed by atoms with Gasteiger partial charge in [-0.15, -0.1) is 0 Å². The minimum Gasteiger partial charge on any atom is -0.439 e. The molecular weight excluding hydrogens is 301 g/mol. The topological polar surface area (TPSA) is 77.3 Å². The number of nitrogens with zero attached hydrogens (tertiary/aromatic N) is 2. The Morgan fingerprint density at radius 1 is 1.43 bits per heavy atom. The van der Waals surface area contributed by atoms with Gasteiger partial charge in [-0.05, 0) is 19.1 Å². The maximum absolute atomic E-state index is 13.3. The van der Waals surface area contributed by atoms with E-state index in [1.165, 1.54) is 18.2 Å². The predicted molar refractivity (Wildman–Crippen MR) is 76.5 cm³/mol. The predicted octanol–water partition coefficient (Wildman–Crippen LogP) is 4.01. The number of pyridine rings is 1. The summed E-state index contributed by atoms with van der Waals surface area (Å²) in [5.41, 5.74) is -0.176. The Morgan fingerprint density at radius 2 is 2.19 bits per heavy atom. The molecule has 0 radical (unpaired) electrons. The Balaban J connectivity index is 2.33. The molecule has 0 saturated carbocycles. The van der Waals surface area contributed by atoms with Crippen LogP contribution in [0, 0.1) is 15.9 Å². The first-order valence-corrected chi connectivity index (χ1v) is 6.40. The van der Waals surface area contributed by atoms with Crippen molar-refractivity contribution in [2.45, 2.75) is 6.92 Å². The summed E-state index contributed by atoms with van der Waals surface area (Å²) in [6.07, 6.45) is 0. The monoisotopic (exact) mass is 311 g/mol. The molecule has 0 atom stereocenters. The van der Waals surface area contributed by atoms with Gasteiger partial charge in [-0.2, -0.15) is 4.98 Å². The van der Waals surface area contributed by atoms with E-state index in [2.05, 4.69) is 10.3 Å². The molecule has 8 heteroatoms. The van der Waals surface area contributed by atoms with Crippen LogP contribution in [0.1, 0.15) is 6.92 Å². The lowest BCUT2D eigenvalue weighted by Crippen LogP contribution is -2.02. The van der Waals surface area contributed by atoms with Crippen molar-refractivity contribution in [1.82, 2.24) is 4.98 Å². The molecule has 1 heterocycles. The number of ether oxygens (including phenoxy) is 1. The van der Waals surface area contributed by atoms with Crippen molar-refractivity contribution in [3.63, 3.8) is 0 Å². The third-order valence-electron chi connectivity index (χ3n) is 2.47. The second kappa shape index (κ2) is 6.36. The van der Waals surface area contributed by atoms with E-state index in [9.17, 15) is 14.5 Å². The minimum atomic E-state index is -0.647. The molecule has 2 rings (SSSR count).